The van der Waals surface area contributed by atoms with Crippen LogP contribution in [0.1, 0.15) is 30.1 Å². The zero-order valence-electron chi connectivity index (χ0n) is 11.8. The number of likely N-dealkylation sites (tertiary alicyclic amines) is 1. The van der Waals surface area contributed by atoms with Crippen molar-refractivity contribution < 1.29 is 19.4 Å². The Morgan fingerprint density at radius 2 is 1.90 bits per heavy atom. The fourth-order valence-electron chi connectivity index (χ4n) is 3.11. The van der Waals surface area contributed by atoms with Gasteiger partial charge in [-0.05, 0) is 30.4 Å². The number of hydrogen-bond donors (Lipinski definition) is 1. The van der Waals surface area contributed by atoms with Gasteiger partial charge in [0.15, 0.2) is 6.10 Å². The minimum absolute atomic E-state index is 0.0361. The highest BCUT2D eigenvalue weighted by molar-refractivity contribution is 5.83. The molecule has 1 unspecified atom stereocenters. The Bertz CT molecular complexity index is 549. The third-order valence-corrected chi connectivity index (χ3v) is 4.37. The molecule has 2 heterocycles. The quantitative estimate of drug-likeness (QED) is 0.898. The van der Waals surface area contributed by atoms with Gasteiger partial charge in [0.2, 0.25) is 0 Å². The highest BCUT2D eigenvalue weighted by atomic mass is 16.5. The first-order chi connectivity index (χ1) is 10.2. The van der Waals surface area contributed by atoms with E-state index in [1.54, 1.807) is 4.90 Å². The number of nitrogens with zero attached hydrogens (tertiary/aromatic N) is 1. The van der Waals surface area contributed by atoms with Crippen molar-refractivity contribution in [1.82, 2.24) is 4.90 Å². The summed E-state index contributed by atoms with van der Waals surface area (Å²) >= 11 is 0. The maximum Gasteiger partial charge on any atom is 0.306 e. The van der Waals surface area contributed by atoms with Gasteiger partial charge in [0.25, 0.3) is 5.91 Å². The van der Waals surface area contributed by atoms with Crippen molar-refractivity contribution >= 4 is 11.9 Å². The summed E-state index contributed by atoms with van der Waals surface area (Å²) in [6.45, 7) is 1.55. The van der Waals surface area contributed by atoms with Crippen LogP contribution in [-0.2, 0) is 20.7 Å². The van der Waals surface area contributed by atoms with Crippen LogP contribution in [0.3, 0.4) is 0 Å². The van der Waals surface area contributed by atoms with Crippen LogP contribution in [-0.4, -0.2) is 41.6 Å². The van der Waals surface area contributed by atoms with E-state index in [2.05, 4.69) is 0 Å². The van der Waals surface area contributed by atoms with Crippen LogP contribution < -0.4 is 0 Å². The van der Waals surface area contributed by atoms with Crippen molar-refractivity contribution in [1.29, 1.82) is 0 Å². The summed E-state index contributed by atoms with van der Waals surface area (Å²) < 4.78 is 5.69. The van der Waals surface area contributed by atoms with E-state index in [4.69, 9.17) is 9.84 Å². The number of amides is 1. The molecule has 112 valence electrons. The van der Waals surface area contributed by atoms with Crippen molar-refractivity contribution in [2.24, 2.45) is 5.92 Å². The fraction of sp³-hybridized carbons (Fsp3) is 0.500. The minimum atomic E-state index is -0.763. The second-order valence-corrected chi connectivity index (χ2v) is 5.64. The summed E-state index contributed by atoms with van der Waals surface area (Å²) in [6, 6.07) is 7.88. The molecule has 3 rings (SSSR count). The number of fused-ring (bicyclic) bond motifs is 1. The van der Waals surface area contributed by atoms with E-state index in [0.717, 1.165) is 12.0 Å². The molecule has 1 atom stereocenters. The van der Waals surface area contributed by atoms with Crippen molar-refractivity contribution in [2.45, 2.75) is 25.4 Å². The lowest BCUT2D eigenvalue weighted by atomic mass is 9.94. The average molecular weight is 289 g/mol. The average Bonchev–Trinajstić information content (AvgIpc) is 2.53. The Labute approximate surface area is 123 Å². The molecule has 1 aromatic carbocycles. The van der Waals surface area contributed by atoms with Gasteiger partial charge >= 0.3 is 5.97 Å². The minimum Gasteiger partial charge on any atom is -0.481 e. The molecule has 1 saturated heterocycles. The van der Waals surface area contributed by atoms with E-state index in [0.29, 0.717) is 32.5 Å². The number of carboxylic acids is 1. The topological polar surface area (TPSA) is 66.8 Å². The van der Waals surface area contributed by atoms with Gasteiger partial charge in [0, 0.05) is 13.1 Å². The van der Waals surface area contributed by atoms with Crippen molar-refractivity contribution in [3.63, 3.8) is 0 Å². The van der Waals surface area contributed by atoms with Gasteiger partial charge in [-0.25, -0.2) is 0 Å². The van der Waals surface area contributed by atoms with Crippen LogP contribution in [0.25, 0.3) is 0 Å². The third kappa shape index (κ3) is 2.78. The maximum absolute atomic E-state index is 12.6. The molecule has 0 saturated carbocycles. The molecule has 1 N–H and O–H groups in total. The van der Waals surface area contributed by atoms with Crippen LogP contribution in [0.5, 0.6) is 0 Å². The molecule has 0 radical (unpaired) electrons. The number of hydrogen-bond acceptors (Lipinski definition) is 3. The van der Waals surface area contributed by atoms with Gasteiger partial charge in [0.05, 0.1) is 12.5 Å². The second-order valence-electron chi connectivity index (χ2n) is 5.64. The first-order valence-electron chi connectivity index (χ1n) is 7.38. The lowest BCUT2D eigenvalue weighted by Gasteiger charge is -2.34. The molecular weight excluding hydrogens is 270 g/mol. The lowest BCUT2D eigenvalue weighted by molar-refractivity contribution is -0.151. The number of carboxylic acid groups (broad SMARTS) is 1. The fourth-order valence-corrected chi connectivity index (χ4v) is 3.11. The molecular formula is C16H19NO4. The van der Waals surface area contributed by atoms with Crippen LogP contribution in [0.2, 0.25) is 0 Å². The molecule has 0 bridgehead atoms. The Morgan fingerprint density at radius 1 is 1.19 bits per heavy atom. The van der Waals surface area contributed by atoms with Gasteiger partial charge in [-0.2, -0.15) is 0 Å². The molecule has 1 aromatic rings. The number of piperidine rings is 1. The standard InChI is InChI=1S/C16H19NO4/c18-15(17-8-5-12(6-9-17)16(19)20)14-13-4-2-1-3-11(13)7-10-21-14/h1-4,12,14H,5-10H2,(H,19,20). The summed E-state index contributed by atoms with van der Waals surface area (Å²) in [5.74, 6) is -1.12. The van der Waals surface area contributed by atoms with Crippen molar-refractivity contribution in [2.75, 3.05) is 19.7 Å². The first kappa shape index (κ1) is 14.1. The van der Waals surface area contributed by atoms with E-state index >= 15 is 0 Å². The monoisotopic (exact) mass is 289 g/mol. The molecule has 5 nitrogen and oxygen atoms in total. The van der Waals surface area contributed by atoms with E-state index in [1.165, 1.54) is 5.56 Å². The first-order valence-corrected chi connectivity index (χ1v) is 7.38. The Hall–Kier alpha value is -1.88. The van der Waals surface area contributed by atoms with Gasteiger partial charge in [0.1, 0.15) is 0 Å². The highest BCUT2D eigenvalue weighted by Crippen LogP contribution is 2.30. The highest BCUT2D eigenvalue weighted by Gasteiger charge is 2.34. The molecule has 0 spiro atoms. The molecule has 0 aromatic heterocycles. The zero-order chi connectivity index (χ0) is 14.8. The molecule has 0 aliphatic carbocycles. The van der Waals surface area contributed by atoms with Crippen LogP contribution >= 0.6 is 0 Å². The van der Waals surface area contributed by atoms with E-state index < -0.39 is 12.1 Å². The second kappa shape index (κ2) is 5.85. The summed E-state index contributed by atoms with van der Waals surface area (Å²) in [5, 5.41) is 9.01. The van der Waals surface area contributed by atoms with Gasteiger partial charge in [-0.1, -0.05) is 24.3 Å². The number of carbonyl (C=O) groups excluding carboxylic acids is 1. The van der Waals surface area contributed by atoms with E-state index in [9.17, 15) is 9.59 Å². The van der Waals surface area contributed by atoms with Gasteiger partial charge in [-0.15, -0.1) is 0 Å². The third-order valence-electron chi connectivity index (χ3n) is 4.37. The number of benzene rings is 1. The molecule has 1 fully saturated rings. The normalized spacial score (nSPS) is 22.7. The predicted octanol–water partition coefficient (Wildman–Crippen LogP) is 1.62. The summed E-state index contributed by atoms with van der Waals surface area (Å²) in [5.41, 5.74) is 2.12. The van der Waals surface area contributed by atoms with Gasteiger partial charge < -0.3 is 14.7 Å². The predicted molar refractivity (Wildman–Crippen MR) is 75.8 cm³/mol. The zero-order valence-corrected chi connectivity index (χ0v) is 11.8. The molecule has 2 aliphatic heterocycles. The molecule has 21 heavy (non-hydrogen) atoms. The van der Waals surface area contributed by atoms with Crippen LogP contribution in [0.4, 0.5) is 0 Å². The number of carbonyl (C=O) groups is 2. The summed E-state index contributed by atoms with van der Waals surface area (Å²) in [7, 11) is 0. The SMILES string of the molecule is O=C(O)C1CCN(C(=O)C2OCCc3ccccc32)CC1. The molecule has 2 aliphatic rings. The van der Waals surface area contributed by atoms with Crippen molar-refractivity contribution in [3.8, 4) is 0 Å². The van der Waals surface area contributed by atoms with Crippen LogP contribution in [0, 0.1) is 5.92 Å². The Kier molecular flexibility index (Phi) is 3.92. The summed E-state index contributed by atoms with van der Waals surface area (Å²) in [4.78, 5) is 25.4. The molecule has 5 heteroatoms. The summed E-state index contributed by atoms with van der Waals surface area (Å²) in [6.07, 6.45) is 1.35. The van der Waals surface area contributed by atoms with Crippen molar-refractivity contribution in [3.05, 3.63) is 35.4 Å². The number of aliphatic carboxylic acids is 1. The van der Waals surface area contributed by atoms with E-state index in [-0.39, 0.29) is 11.8 Å². The number of rotatable bonds is 2. The lowest BCUT2D eigenvalue weighted by Crippen LogP contribution is -2.43. The largest absolute Gasteiger partial charge is 0.481 e. The van der Waals surface area contributed by atoms with Gasteiger partial charge in [-0.3, -0.25) is 9.59 Å². The maximum atomic E-state index is 12.6. The molecule has 1 amide bonds. The Morgan fingerprint density at radius 3 is 2.62 bits per heavy atom. The Balaban J connectivity index is 1.71. The number of ether oxygens (including phenoxy) is 1. The smallest absolute Gasteiger partial charge is 0.306 e. The van der Waals surface area contributed by atoms with Crippen LogP contribution in [0.15, 0.2) is 24.3 Å². The van der Waals surface area contributed by atoms with E-state index in [1.807, 2.05) is 24.3 Å².